The number of carbonyl (C=O) groups is 1. The van der Waals surface area contributed by atoms with Gasteiger partial charge in [-0.25, -0.2) is 0 Å². The number of nitrogens with one attached hydrogen (secondary N) is 1. The smallest absolute Gasteiger partial charge is 0.234 e. The van der Waals surface area contributed by atoms with Gasteiger partial charge in [0.25, 0.3) is 0 Å². The third-order valence-corrected chi connectivity index (χ3v) is 6.11. The van der Waals surface area contributed by atoms with Gasteiger partial charge in [-0.05, 0) is 61.0 Å². The number of hydrogen-bond acceptors (Lipinski definition) is 6. The van der Waals surface area contributed by atoms with Crippen molar-refractivity contribution in [2.45, 2.75) is 18.7 Å². The first kappa shape index (κ1) is 23.7. The number of carbonyl (C=O) groups excluding carboxylic acids is 1. The molecule has 4 rings (SSSR count). The number of thioether (sulfide) groups is 1. The highest BCUT2D eigenvalue weighted by Gasteiger charge is 2.17. The van der Waals surface area contributed by atoms with Gasteiger partial charge in [0.2, 0.25) is 5.91 Å². The number of hydrogen-bond donors (Lipinski definition) is 1. The van der Waals surface area contributed by atoms with Crippen LogP contribution in [0.3, 0.4) is 0 Å². The Morgan fingerprint density at radius 3 is 2.47 bits per heavy atom. The van der Waals surface area contributed by atoms with Crippen molar-refractivity contribution in [2.75, 3.05) is 18.2 Å². The molecular formula is C25H23ClN4O3S. The van der Waals surface area contributed by atoms with Crippen molar-refractivity contribution in [1.82, 2.24) is 14.8 Å². The number of nitrogens with zero attached hydrogens (tertiary/aromatic N) is 3. The Hall–Kier alpha value is -3.49. The van der Waals surface area contributed by atoms with E-state index >= 15 is 0 Å². The minimum Gasteiger partial charge on any atom is -0.497 e. The molecule has 1 amide bonds. The molecule has 1 heterocycles. The third-order valence-electron chi connectivity index (χ3n) is 4.87. The second kappa shape index (κ2) is 11.1. The lowest BCUT2D eigenvalue weighted by molar-refractivity contribution is -0.113. The minimum atomic E-state index is -0.186. The average molecular weight is 495 g/mol. The molecule has 0 aliphatic heterocycles. The molecule has 7 nitrogen and oxygen atoms in total. The molecule has 0 radical (unpaired) electrons. The van der Waals surface area contributed by atoms with E-state index in [2.05, 4.69) is 15.5 Å². The maximum atomic E-state index is 12.6. The Kier molecular flexibility index (Phi) is 7.72. The summed E-state index contributed by atoms with van der Waals surface area (Å²) in [4.78, 5) is 12.6. The summed E-state index contributed by atoms with van der Waals surface area (Å²) >= 11 is 7.52. The molecule has 0 saturated heterocycles. The normalized spacial score (nSPS) is 10.7. The molecule has 0 aliphatic carbocycles. The first-order valence-electron chi connectivity index (χ1n) is 10.5. The number of aryl methyl sites for hydroxylation is 1. The Morgan fingerprint density at radius 1 is 1.03 bits per heavy atom. The van der Waals surface area contributed by atoms with E-state index in [1.807, 2.05) is 78.2 Å². The van der Waals surface area contributed by atoms with E-state index in [1.54, 1.807) is 13.2 Å². The van der Waals surface area contributed by atoms with Crippen LogP contribution in [0.1, 0.15) is 11.4 Å². The van der Waals surface area contributed by atoms with Gasteiger partial charge in [0.15, 0.2) is 11.0 Å². The summed E-state index contributed by atoms with van der Waals surface area (Å²) in [7, 11) is 1.62. The molecule has 0 bridgehead atoms. The van der Waals surface area contributed by atoms with Crippen LogP contribution in [0.5, 0.6) is 11.5 Å². The number of rotatable bonds is 9. The molecule has 1 aromatic heterocycles. The summed E-state index contributed by atoms with van der Waals surface area (Å²) in [6, 6.07) is 22.5. The number of amides is 1. The van der Waals surface area contributed by atoms with Gasteiger partial charge in [-0.2, -0.15) is 0 Å². The highest BCUT2D eigenvalue weighted by molar-refractivity contribution is 7.99. The number of para-hydroxylation sites is 1. The summed E-state index contributed by atoms with van der Waals surface area (Å²) < 4.78 is 13.0. The van der Waals surface area contributed by atoms with Crippen molar-refractivity contribution in [3.8, 4) is 17.2 Å². The van der Waals surface area contributed by atoms with Gasteiger partial charge < -0.3 is 14.8 Å². The second-order valence-electron chi connectivity index (χ2n) is 7.35. The Labute approximate surface area is 207 Å². The van der Waals surface area contributed by atoms with Gasteiger partial charge in [-0.15, -0.1) is 10.2 Å². The molecule has 3 aromatic carbocycles. The highest BCUT2D eigenvalue weighted by atomic mass is 35.5. The van der Waals surface area contributed by atoms with E-state index in [4.69, 9.17) is 21.1 Å². The fourth-order valence-corrected chi connectivity index (χ4v) is 4.23. The van der Waals surface area contributed by atoms with Crippen LogP contribution in [0.2, 0.25) is 5.02 Å². The average Bonchev–Trinajstić information content (AvgIpc) is 3.27. The summed E-state index contributed by atoms with van der Waals surface area (Å²) in [5.74, 6) is 2.02. The molecule has 0 spiro atoms. The van der Waals surface area contributed by atoms with E-state index in [0.717, 1.165) is 17.0 Å². The van der Waals surface area contributed by atoms with Crippen LogP contribution in [0.25, 0.3) is 5.69 Å². The highest BCUT2D eigenvalue weighted by Crippen LogP contribution is 2.26. The van der Waals surface area contributed by atoms with Crippen molar-refractivity contribution in [1.29, 1.82) is 0 Å². The lowest BCUT2D eigenvalue weighted by Gasteiger charge is -2.12. The summed E-state index contributed by atoms with van der Waals surface area (Å²) in [5.41, 5.74) is 2.49. The predicted octanol–water partition coefficient (Wildman–Crippen LogP) is 5.55. The monoisotopic (exact) mass is 494 g/mol. The van der Waals surface area contributed by atoms with Crippen LogP contribution in [0, 0.1) is 6.92 Å². The van der Waals surface area contributed by atoms with Crippen molar-refractivity contribution in [3.05, 3.63) is 89.2 Å². The molecule has 34 heavy (non-hydrogen) atoms. The van der Waals surface area contributed by atoms with Crippen molar-refractivity contribution >= 4 is 35.0 Å². The molecule has 0 atom stereocenters. The largest absolute Gasteiger partial charge is 0.497 e. The lowest BCUT2D eigenvalue weighted by atomic mass is 10.2. The number of aromatic nitrogens is 3. The summed E-state index contributed by atoms with van der Waals surface area (Å²) in [6.07, 6.45) is 0. The number of anilines is 1. The van der Waals surface area contributed by atoms with Gasteiger partial charge in [0, 0.05) is 5.69 Å². The first-order valence-corrected chi connectivity index (χ1v) is 11.8. The zero-order valence-corrected chi connectivity index (χ0v) is 20.3. The fraction of sp³-hybridized carbons (Fsp3) is 0.160. The quantitative estimate of drug-likeness (QED) is 0.307. The zero-order valence-electron chi connectivity index (χ0n) is 18.7. The SMILES string of the molecule is COc1ccc(OCc2nnc(SCC(=O)Nc3ccc(C)cc3Cl)n2-c2ccccc2)cc1. The molecular weight excluding hydrogens is 472 g/mol. The fourth-order valence-electron chi connectivity index (χ4n) is 3.18. The Morgan fingerprint density at radius 2 is 1.76 bits per heavy atom. The van der Waals surface area contributed by atoms with E-state index in [9.17, 15) is 4.79 Å². The maximum absolute atomic E-state index is 12.6. The predicted molar refractivity (Wildman–Crippen MR) is 134 cm³/mol. The molecule has 4 aromatic rings. The van der Waals surface area contributed by atoms with Crippen LogP contribution in [0.15, 0.2) is 78.0 Å². The number of benzene rings is 3. The molecule has 0 aliphatic rings. The van der Waals surface area contributed by atoms with Gasteiger partial charge in [0.1, 0.15) is 18.1 Å². The van der Waals surface area contributed by atoms with Crippen LogP contribution in [0.4, 0.5) is 5.69 Å². The second-order valence-corrected chi connectivity index (χ2v) is 8.70. The standard InChI is InChI=1S/C25H23ClN4O3S/c1-17-8-13-22(21(26)14-17)27-24(31)16-34-25-29-28-23(30(25)18-6-4-3-5-7-18)15-33-20-11-9-19(32-2)10-12-20/h3-14H,15-16H2,1-2H3,(H,27,31). The molecule has 9 heteroatoms. The van der Waals surface area contributed by atoms with Crippen molar-refractivity contribution < 1.29 is 14.3 Å². The van der Waals surface area contributed by atoms with Gasteiger partial charge >= 0.3 is 0 Å². The number of methoxy groups -OCH3 is 1. The van der Waals surface area contributed by atoms with Crippen LogP contribution in [-0.2, 0) is 11.4 Å². The molecule has 0 fully saturated rings. The van der Waals surface area contributed by atoms with Gasteiger partial charge in [0.05, 0.1) is 23.6 Å². The molecule has 1 N–H and O–H groups in total. The number of ether oxygens (including phenoxy) is 2. The molecule has 174 valence electrons. The van der Waals surface area contributed by atoms with Gasteiger partial charge in [-0.3, -0.25) is 9.36 Å². The third kappa shape index (κ3) is 5.89. The van der Waals surface area contributed by atoms with Crippen LogP contribution >= 0.6 is 23.4 Å². The first-order chi connectivity index (χ1) is 16.5. The van der Waals surface area contributed by atoms with E-state index in [1.165, 1.54) is 11.8 Å². The summed E-state index contributed by atoms with van der Waals surface area (Å²) in [5, 5.41) is 12.6. The van der Waals surface area contributed by atoms with Crippen LogP contribution in [-0.4, -0.2) is 33.5 Å². The van der Waals surface area contributed by atoms with Gasteiger partial charge in [-0.1, -0.05) is 47.6 Å². The van der Waals surface area contributed by atoms with Crippen LogP contribution < -0.4 is 14.8 Å². The minimum absolute atomic E-state index is 0.147. The maximum Gasteiger partial charge on any atom is 0.234 e. The van der Waals surface area contributed by atoms with Crippen molar-refractivity contribution in [2.24, 2.45) is 0 Å². The summed E-state index contributed by atoms with van der Waals surface area (Å²) in [6.45, 7) is 2.15. The number of halogens is 1. The molecule has 0 unspecified atom stereocenters. The van der Waals surface area contributed by atoms with E-state index in [-0.39, 0.29) is 18.3 Å². The molecule has 0 saturated carbocycles. The van der Waals surface area contributed by atoms with E-state index in [0.29, 0.717) is 27.4 Å². The topological polar surface area (TPSA) is 78.3 Å². The Bertz CT molecular complexity index is 1260. The Balaban J connectivity index is 1.48. The zero-order chi connectivity index (χ0) is 23.9. The lowest BCUT2D eigenvalue weighted by Crippen LogP contribution is -2.15. The van der Waals surface area contributed by atoms with E-state index < -0.39 is 0 Å². The van der Waals surface area contributed by atoms with Crippen molar-refractivity contribution in [3.63, 3.8) is 0 Å².